The predicted molar refractivity (Wildman–Crippen MR) is 110 cm³/mol. The molecule has 1 spiro atoms. The third kappa shape index (κ3) is 2.53. The van der Waals surface area contributed by atoms with Crippen LogP contribution in [-0.2, 0) is 4.74 Å². The molecule has 0 aromatic rings. The molecule has 0 unspecified atom stereocenters. The van der Waals surface area contributed by atoms with E-state index in [2.05, 4.69) is 19.9 Å². The smallest absolute Gasteiger partial charge is 0.0945 e. The number of fused-ring (bicyclic) bond motifs is 5. The van der Waals surface area contributed by atoms with E-state index in [-0.39, 0.29) is 26.7 Å². The number of ether oxygens (including phenoxy) is 1. The van der Waals surface area contributed by atoms with Crippen LogP contribution in [0, 0.1) is 28.6 Å². The zero-order chi connectivity index (χ0) is 18.9. The Labute approximate surface area is 169 Å². The maximum atomic E-state index is 14.3. The summed E-state index contributed by atoms with van der Waals surface area (Å²) in [7, 11) is 0. The molecule has 2 heterocycles. The Bertz CT molecular complexity index is 739. The van der Waals surface area contributed by atoms with Crippen LogP contribution in [0.4, 0.5) is 8.78 Å². The zero-order valence-corrected chi connectivity index (χ0v) is 17.7. The number of hydrogen-bond acceptors (Lipinski definition) is 3. The molecule has 2 aliphatic heterocycles. The van der Waals surface area contributed by atoms with Crippen molar-refractivity contribution in [2.24, 2.45) is 28.6 Å². The van der Waals surface area contributed by atoms with Crippen LogP contribution in [0.3, 0.4) is 0 Å². The van der Waals surface area contributed by atoms with E-state index in [1.807, 2.05) is 23.5 Å². The molecule has 2 saturated heterocycles. The first-order chi connectivity index (χ1) is 13.0. The third-order valence-corrected chi connectivity index (χ3v) is 11.7. The molecule has 0 aromatic carbocycles. The van der Waals surface area contributed by atoms with Gasteiger partial charge < -0.3 is 4.74 Å². The Hall–Kier alpha value is -0.260. The van der Waals surface area contributed by atoms with E-state index in [1.165, 1.54) is 0 Å². The van der Waals surface area contributed by atoms with Crippen molar-refractivity contribution in [1.29, 1.82) is 0 Å². The highest BCUT2D eigenvalue weighted by Crippen LogP contribution is 2.68. The van der Waals surface area contributed by atoms with Gasteiger partial charge in [0.25, 0.3) is 0 Å². The van der Waals surface area contributed by atoms with Crippen molar-refractivity contribution < 1.29 is 13.5 Å². The molecule has 0 aromatic heterocycles. The summed E-state index contributed by atoms with van der Waals surface area (Å²) in [4.78, 5) is 0. The van der Waals surface area contributed by atoms with Crippen LogP contribution < -0.4 is 0 Å². The average Bonchev–Trinajstić information content (AvgIpc) is 3.28. The molecule has 0 amide bonds. The minimum atomic E-state index is -0.0615. The van der Waals surface area contributed by atoms with Gasteiger partial charge in [-0.3, -0.25) is 0 Å². The van der Waals surface area contributed by atoms with Crippen molar-refractivity contribution in [3.05, 3.63) is 35.5 Å². The molecule has 27 heavy (non-hydrogen) atoms. The lowest BCUT2D eigenvalue weighted by Gasteiger charge is -2.59. The minimum Gasteiger partial charge on any atom is -0.381 e. The van der Waals surface area contributed by atoms with Gasteiger partial charge in [0.05, 0.1) is 30.0 Å². The van der Waals surface area contributed by atoms with Crippen LogP contribution in [0.25, 0.3) is 0 Å². The van der Waals surface area contributed by atoms with E-state index in [0.29, 0.717) is 36.3 Å². The lowest BCUT2D eigenvalue weighted by Crippen LogP contribution is -2.52. The van der Waals surface area contributed by atoms with Gasteiger partial charge in [0.15, 0.2) is 0 Å². The largest absolute Gasteiger partial charge is 0.381 e. The molecular formula is C22H28F2OS2. The highest BCUT2D eigenvalue weighted by Gasteiger charge is 2.60. The van der Waals surface area contributed by atoms with Crippen molar-refractivity contribution in [2.75, 3.05) is 24.7 Å². The van der Waals surface area contributed by atoms with E-state index in [0.717, 1.165) is 49.4 Å². The fraction of sp³-hybridized carbons (Fsp3) is 0.727. The predicted octanol–water partition coefficient (Wildman–Crippen LogP) is 6.29. The highest BCUT2D eigenvalue weighted by atomic mass is 32.2. The number of allylic oxidation sites excluding steroid dienone is 3. The molecule has 0 radical (unpaired) electrons. The molecular weight excluding hydrogens is 382 g/mol. The molecule has 5 heteroatoms. The molecule has 3 aliphatic carbocycles. The quantitative estimate of drug-likeness (QED) is 0.464. The first-order valence-corrected chi connectivity index (χ1v) is 12.1. The van der Waals surface area contributed by atoms with E-state index >= 15 is 0 Å². The van der Waals surface area contributed by atoms with Gasteiger partial charge in [-0.05, 0) is 65.4 Å². The van der Waals surface area contributed by atoms with Crippen molar-refractivity contribution in [3.63, 3.8) is 0 Å². The van der Waals surface area contributed by atoms with Crippen LogP contribution >= 0.6 is 23.5 Å². The van der Waals surface area contributed by atoms with Crippen molar-refractivity contribution in [3.8, 4) is 0 Å². The van der Waals surface area contributed by atoms with E-state index in [9.17, 15) is 8.78 Å². The number of halogens is 2. The first-order valence-electron chi connectivity index (χ1n) is 10.2. The summed E-state index contributed by atoms with van der Waals surface area (Å²) in [5, 5.41) is 0. The summed E-state index contributed by atoms with van der Waals surface area (Å²) in [6.45, 7) is 6.04. The standard InChI is InChI=1S/C22H28F2OS2/c1-20-4-3-16-19(18(20)12-25-13-20)15(11-24)14(10-23)17-9-22(26-7-8-27-22)6-5-21(16,17)2/h9-11,16,18-19H,3-8,12-13H2,1-2H3/t16-,18-,19+,20+,21+/m0/s1. The van der Waals surface area contributed by atoms with Gasteiger partial charge in [0.2, 0.25) is 0 Å². The third-order valence-electron chi connectivity index (χ3n) is 8.27. The Morgan fingerprint density at radius 1 is 1.07 bits per heavy atom. The highest BCUT2D eigenvalue weighted by molar-refractivity contribution is 8.21. The first kappa shape index (κ1) is 18.7. The van der Waals surface area contributed by atoms with Crippen LogP contribution in [0.1, 0.15) is 39.5 Å². The number of thioether (sulfide) groups is 2. The normalized spacial score (nSPS) is 48.4. The van der Waals surface area contributed by atoms with E-state index < -0.39 is 0 Å². The summed E-state index contributed by atoms with van der Waals surface area (Å²) >= 11 is 3.98. The second-order valence-electron chi connectivity index (χ2n) is 9.52. The number of rotatable bonds is 0. The maximum absolute atomic E-state index is 14.3. The molecule has 1 nitrogen and oxygen atoms in total. The summed E-state index contributed by atoms with van der Waals surface area (Å²) < 4.78 is 34.5. The molecule has 4 fully saturated rings. The Morgan fingerprint density at radius 3 is 2.56 bits per heavy atom. The minimum absolute atomic E-state index is 0.0615. The molecule has 2 saturated carbocycles. The van der Waals surface area contributed by atoms with E-state index in [1.54, 1.807) is 0 Å². The molecule has 148 valence electrons. The van der Waals surface area contributed by atoms with Crippen molar-refractivity contribution >= 4 is 23.5 Å². The average molecular weight is 411 g/mol. The summed E-state index contributed by atoms with van der Waals surface area (Å²) in [5.41, 5.74) is 2.24. The van der Waals surface area contributed by atoms with Gasteiger partial charge in [-0.2, -0.15) is 0 Å². The summed E-state index contributed by atoms with van der Waals surface area (Å²) in [6.07, 6.45) is 8.15. The van der Waals surface area contributed by atoms with Crippen molar-refractivity contribution in [2.45, 2.75) is 43.6 Å². The topological polar surface area (TPSA) is 9.23 Å². The van der Waals surface area contributed by atoms with E-state index in [4.69, 9.17) is 4.74 Å². The maximum Gasteiger partial charge on any atom is 0.0945 e. The zero-order valence-electron chi connectivity index (χ0n) is 16.1. The lowest BCUT2D eigenvalue weighted by atomic mass is 9.45. The van der Waals surface area contributed by atoms with Crippen LogP contribution in [-0.4, -0.2) is 28.8 Å². The van der Waals surface area contributed by atoms with Crippen molar-refractivity contribution in [1.82, 2.24) is 0 Å². The second-order valence-corrected chi connectivity index (χ2v) is 12.6. The Kier molecular flexibility index (Phi) is 4.42. The van der Waals surface area contributed by atoms with Gasteiger partial charge in [0.1, 0.15) is 0 Å². The van der Waals surface area contributed by atoms with Crippen LogP contribution in [0.5, 0.6) is 0 Å². The Balaban J connectivity index is 1.65. The Morgan fingerprint density at radius 2 is 1.85 bits per heavy atom. The number of hydrogen-bond donors (Lipinski definition) is 0. The summed E-state index contributed by atoms with van der Waals surface area (Å²) in [6, 6.07) is 0. The second kappa shape index (κ2) is 6.37. The lowest BCUT2D eigenvalue weighted by molar-refractivity contribution is 0.00584. The van der Waals surface area contributed by atoms with Crippen LogP contribution in [0.2, 0.25) is 0 Å². The SMILES string of the molecule is C[C@]12CC[C@H]3[C@@H](C(=CF)C(=CF)C4=CC5(CC[C@@]43C)SCCS5)[C@@H]1COC2. The molecule has 0 bridgehead atoms. The monoisotopic (exact) mass is 410 g/mol. The summed E-state index contributed by atoms with van der Waals surface area (Å²) in [5.74, 6) is 3.03. The van der Waals surface area contributed by atoms with Gasteiger partial charge in [-0.1, -0.05) is 19.9 Å². The van der Waals surface area contributed by atoms with Gasteiger partial charge >= 0.3 is 0 Å². The molecule has 5 rings (SSSR count). The van der Waals surface area contributed by atoms with Gasteiger partial charge in [-0.25, -0.2) is 8.78 Å². The fourth-order valence-electron chi connectivity index (χ4n) is 6.70. The molecule has 5 atom stereocenters. The van der Waals surface area contributed by atoms with Gasteiger partial charge in [-0.15, -0.1) is 23.5 Å². The van der Waals surface area contributed by atoms with Crippen LogP contribution in [0.15, 0.2) is 35.5 Å². The van der Waals surface area contributed by atoms with Gasteiger partial charge in [0, 0.05) is 17.1 Å². The molecule has 0 N–H and O–H groups in total. The molecule has 5 aliphatic rings. The fourth-order valence-corrected chi connectivity index (χ4v) is 9.78.